The molecule has 1 saturated carbocycles. The Bertz CT molecular complexity index is 378. The van der Waals surface area contributed by atoms with Crippen LogP contribution >= 0.6 is 0 Å². The molecule has 3 N–H and O–H groups in total. The Kier molecular flexibility index (Phi) is 5.73. The number of nitrogens with one attached hydrogen (secondary N) is 1. The Balaban J connectivity index is 1.72. The van der Waals surface area contributed by atoms with E-state index in [0.29, 0.717) is 12.0 Å². The van der Waals surface area contributed by atoms with Gasteiger partial charge in [0.1, 0.15) is 0 Å². The molecule has 0 spiro atoms. The minimum absolute atomic E-state index is 0.531. The number of hydrogen-bond donors (Lipinski definition) is 2. The summed E-state index contributed by atoms with van der Waals surface area (Å²) < 4.78 is 0. The van der Waals surface area contributed by atoms with Crippen LogP contribution in [0.15, 0.2) is 35.3 Å². The van der Waals surface area contributed by atoms with Crippen LogP contribution in [0.1, 0.15) is 44.1 Å². The van der Waals surface area contributed by atoms with Crippen LogP contribution < -0.4 is 11.1 Å². The van der Waals surface area contributed by atoms with Gasteiger partial charge < -0.3 is 11.1 Å². The van der Waals surface area contributed by atoms with Crippen LogP contribution in [0.4, 0.5) is 0 Å². The Morgan fingerprint density at radius 1 is 1.11 bits per heavy atom. The first-order chi connectivity index (χ1) is 9.34. The Hall–Kier alpha value is -1.51. The SMILES string of the molecule is NC(=NCCc1ccccc1)NC1CCCCCC1. The van der Waals surface area contributed by atoms with Gasteiger partial charge in [0.15, 0.2) is 5.96 Å². The van der Waals surface area contributed by atoms with Crippen LogP contribution in [-0.4, -0.2) is 18.5 Å². The average Bonchev–Trinajstić information content (AvgIpc) is 2.68. The molecule has 0 saturated heterocycles. The Morgan fingerprint density at radius 2 is 1.79 bits per heavy atom. The maximum Gasteiger partial charge on any atom is 0.188 e. The van der Waals surface area contributed by atoms with Gasteiger partial charge in [-0.25, -0.2) is 0 Å². The number of hydrogen-bond acceptors (Lipinski definition) is 1. The van der Waals surface area contributed by atoms with E-state index in [-0.39, 0.29) is 0 Å². The molecule has 2 rings (SSSR count). The molecule has 0 aliphatic heterocycles. The molecule has 1 aromatic carbocycles. The lowest BCUT2D eigenvalue weighted by Crippen LogP contribution is -2.40. The van der Waals surface area contributed by atoms with Crippen LogP contribution in [0.5, 0.6) is 0 Å². The standard InChI is InChI=1S/C16H25N3/c17-16(19-15-10-6-1-2-7-11-15)18-13-12-14-8-4-3-5-9-14/h3-5,8-9,15H,1-2,6-7,10-13H2,(H3,17,18,19). The monoisotopic (exact) mass is 259 g/mol. The highest BCUT2D eigenvalue weighted by molar-refractivity contribution is 5.78. The normalized spacial score (nSPS) is 18.0. The highest BCUT2D eigenvalue weighted by Gasteiger charge is 2.11. The Labute approximate surface area is 116 Å². The molecule has 1 fully saturated rings. The van der Waals surface area contributed by atoms with E-state index < -0.39 is 0 Å². The fourth-order valence-electron chi connectivity index (χ4n) is 2.63. The average molecular weight is 259 g/mol. The largest absolute Gasteiger partial charge is 0.370 e. The lowest BCUT2D eigenvalue weighted by Gasteiger charge is -2.16. The summed E-state index contributed by atoms with van der Waals surface area (Å²) in [4.78, 5) is 4.43. The van der Waals surface area contributed by atoms with Crippen LogP contribution in [-0.2, 0) is 6.42 Å². The third-order valence-corrected chi connectivity index (χ3v) is 3.73. The topological polar surface area (TPSA) is 50.4 Å². The smallest absolute Gasteiger partial charge is 0.188 e. The fraction of sp³-hybridized carbons (Fsp3) is 0.562. The van der Waals surface area contributed by atoms with Gasteiger partial charge in [0, 0.05) is 12.6 Å². The van der Waals surface area contributed by atoms with Gasteiger partial charge in [0.2, 0.25) is 0 Å². The quantitative estimate of drug-likeness (QED) is 0.496. The maximum absolute atomic E-state index is 5.96. The number of nitrogens with zero attached hydrogens (tertiary/aromatic N) is 1. The molecular formula is C16H25N3. The summed E-state index contributed by atoms with van der Waals surface area (Å²) in [6.45, 7) is 0.759. The van der Waals surface area contributed by atoms with Crippen molar-refractivity contribution in [1.29, 1.82) is 0 Å². The van der Waals surface area contributed by atoms with Crippen molar-refractivity contribution in [3.05, 3.63) is 35.9 Å². The Morgan fingerprint density at radius 3 is 2.47 bits per heavy atom. The van der Waals surface area contributed by atoms with Gasteiger partial charge in [-0.1, -0.05) is 56.0 Å². The van der Waals surface area contributed by atoms with Crippen LogP contribution in [0, 0.1) is 0 Å². The minimum atomic E-state index is 0.531. The van der Waals surface area contributed by atoms with Crippen LogP contribution in [0.2, 0.25) is 0 Å². The van der Waals surface area contributed by atoms with E-state index in [1.54, 1.807) is 0 Å². The molecule has 0 unspecified atom stereocenters. The molecule has 0 radical (unpaired) electrons. The number of guanidine groups is 1. The second-order valence-corrected chi connectivity index (χ2v) is 5.34. The van der Waals surface area contributed by atoms with Gasteiger partial charge >= 0.3 is 0 Å². The molecule has 0 aromatic heterocycles. The van der Waals surface area contributed by atoms with Gasteiger partial charge in [0.05, 0.1) is 0 Å². The van der Waals surface area contributed by atoms with Crippen molar-refractivity contribution in [3.8, 4) is 0 Å². The molecule has 1 aliphatic rings. The lowest BCUT2D eigenvalue weighted by atomic mass is 10.1. The fourth-order valence-corrected chi connectivity index (χ4v) is 2.63. The molecule has 0 atom stereocenters. The van der Waals surface area contributed by atoms with Crippen molar-refractivity contribution in [2.75, 3.05) is 6.54 Å². The second kappa shape index (κ2) is 7.82. The minimum Gasteiger partial charge on any atom is -0.370 e. The van der Waals surface area contributed by atoms with Crippen LogP contribution in [0.3, 0.4) is 0 Å². The van der Waals surface area contributed by atoms with Gasteiger partial charge in [-0.2, -0.15) is 0 Å². The summed E-state index contributed by atoms with van der Waals surface area (Å²) in [6.07, 6.45) is 8.77. The first-order valence-electron chi connectivity index (χ1n) is 7.45. The summed E-state index contributed by atoms with van der Waals surface area (Å²) in [5.74, 6) is 0.614. The number of rotatable bonds is 4. The zero-order valence-corrected chi connectivity index (χ0v) is 11.6. The van der Waals surface area contributed by atoms with Crippen molar-refractivity contribution in [1.82, 2.24) is 5.32 Å². The number of aliphatic imine (C=N–C) groups is 1. The van der Waals surface area contributed by atoms with Gasteiger partial charge in [-0.15, -0.1) is 0 Å². The lowest BCUT2D eigenvalue weighted by molar-refractivity contribution is 0.530. The molecule has 3 heteroatoms. The predicted octanol–water partition coefficient (Wildman–Crippen LogP) is 2.86. The van der Waals surface area contributed by atoms with Crippen molar-refractivity contribution in [3.63, 3.8) is 0 Å². The van der Waals surface area contributed by atoms with Crippen molar-refractivity contribution in [2.45, 2.75) is 51.0 Å². The third kappa shape index (κ3) is 5.33. The summed E-state index contributed by atoms with van der Waals surface area (Å²) in [6, 6.07) is 10.9. The van der Waals surface area contributed by atoms with E-state index in [0.717, 1.165) is 13.0 Å². The van der Waals surface area contributed by atoms with E-state index in [9.17, 15) is 0 Å². The molecule has 0 bridgehead atoms. The number of nitrogens with two attached hydrogens (primary N) is 1. The van der Waals surface area contributed by atoms with E-state index >= 15 is 0 Å². The third-order valence-electron chi connectivity index (χ3n) is 3.73. The zero-order valence-electron chi connectivity index (χ0n) is 11.6. The first kappa shape index (κ1) is 13.9. The molecule has 104 valence electrons. The van der Waals surface area contributed by atoms with E-state index in [1.807, 2.05) is 6.07 Å². The summed E-state index contributed by atoms with van der Waals surface area (Å²) in [7, 11) is 0. The van der Waals surface area contributed by atoms with Gasteiger partial charge in [-0.3, -0.25) is 4.99 Å². The van der Waals surface area contributed by atoms with Gasteiger partial charge in [0.25, 0.3) is 0 Å². The molecule has 0 heterocycles. The molecule has 3 nitrogen and oxygen atoms in total. The van der Waals surface area contributed by atoms with E-state index in [1.165, 1.54) is 44.1 Å². The molecular weight excluding hydrogens is 234 g/mol. The summed E-state index contributed by atoms with van der Waals surface area (Å²) in [5, 5.41) is 3.37. The number of benzene rings is 1. The summed E-state index contributed by atoms with van der Waals surface area (Å²) in [5.41, 5.74) is 7.27. The molecule has 1 aromatic rings. The predicted molar refractivity (Wildman–Crippen MR) is 81.3 cm³/mol. The molecule has 19 heavy (non-hydrogen) atoms. The van der Waals surface area contributed by atoms with E-state index in [2.05, 4.69) is 34.6 Å². The molecule has 1 aliphatic carbocycles. The van der Waals surface area contributed by atoms with Crippen molar-refractivity contribution >= 4 is 5.96 Å². The second-order valence-electron chi connectivity index (χ2n) is 5.34. The van der Waals surface area contributed by atoms with Crippen LogP contribution in [0.25, 0.3) is 0 Å². The summed E-state index contributed by atoms with van der Waals surface area (Å²) >= 11 is 0. The van der Waals surface area contributed by atoms with Gasteiger partial charge in [-0.05, 0) is 24.8 Å². The zero-order chi connectivity index (χ0) is 13.3. The van der Waals surface area contributed by atoms with Crippen molar-refractivity contribution in [2.24, 2.45) is 10.7 Å². The molecule has 0 amide bonds. The van der Waals surface area contributed by atoms with E-state index in [4.69, 9.17) is 5.73 Å². The highest BCUT2D eigenvalue weighted by Crippen LogP contribution is 2.16. The highest BCUT2D eigenvalue weighted by atomic mass is 15.1. The van der Waals surface area contributed by atoms with Crippen molar-refractivity contribution < 1.29 is 0 Å². The first-order valence-corrected chi connectivity index (χ1v) is 7.45. The maximum atomic E-state index is 5.96.